The van der Waals surface area contributed by atoms with E-state index in [-0.39, 0.29) is 32.2 Å². The third kappa shape index (κ3) is 5.81. The summed E-state index contributed by atoms with van der Waals surface area (Å²) >= 11 is 17.5. The molecule has 0 fully saturated rings. The van der Waals surface area contributed by atoms with E-state index in [2.05, 4.69) is 20.1 Å². The number of anilines is 1. The molecule has 0 bridgehead atoms. The molecule has 0 aliphatic rings. The normalized spacial score (nSPS) is 11.3. The SMILES string of the molecule is O=C(Cn1ncc(Cl)c(Cl)c1=O)Nc1ccc(Cl)c(S(=O)(=O)NCc2ccccn2)c1. The highest BCUT2D eigenvalue weighted by Gasteiger charge is 2.19. The van der Waals surface area contributed by atoms with Crippen LogP contribution in [0.4, 0.5) is 5.69 Å². The summed E-state index contributed by atoms with van der Waals surface area (Å²) in [7, 11) is -4.00. The second kappa shape index (κ2) is 9.75. The van der Waals surface area contributed by atoms with Crippen LogP contribution in [0.2, 0.25) is 15.1 Å². The minimum Gasteiger partial charge on any atom is -0.324 e. The molecule has 1 amide bonds. The fourth-order valence-electron chi connectivity index (χ4n) is 2.43. The van der Waals surface area contributed by atoms with Gasteiger partial charge in [0.05, 0.1) is 28.5 Å². The Labute approximate surface area is 192 Å². The van der Waals surface area contributed by atoms with Gasteiger partial charge in [0, 0.05) is 11.9 Å². The molecule has 3 rings (SSSR count). The van der Waals surface area contributed by atoms with E-state index in [1.54, 1.807) is 24.4 Å². The van der Waals surface area contributed by atoms with Gasteiger partial charge in [-0.2, -0.15) is 5.10 Å². The number of benzene rings is 1. The van der Waals surface area contributed by atoms with E-state index >= 15 is 0 Å². The summed E-state index contributed by atoms with van der Waals surface area (Å²) in [5.41, 5.74) is -0.0608. The molecule has 1 aromatic carbocycles. The van der Waals surface area contributed by atoms with Crippen LogP contribution in [0.25, 0.3) is 0 Å². The van der Waals surface area contributed by atoms with Crippen LogP contribution in [-0.4, -0.2) is 29.1 Å². The monoisotopic (exact) mass is 501 g/mol. The Bertz CT molecular complexity index is 1280. The molecule has 162 valence electrons. The van der Waals surface area contributed by atoms with Gasteiger partial charge in [-0.25, -0.2) is 17.8 Å². The molecule has 0 atom stereocenters. The molecule has 0 unspecified atom stereocenters. The number of carbonyl (C=O) groups excluding carboxylic acids is 1. The standard InChI is InChI=1S/C18H14Cl3N5O4S/c19-13-5-4-11(25-16(27)10-26-18(28)17(21)14(20)9-23-26)7-15(13)31(29,30)24-8-12-3-1-2-6-22-12/h1-7,9,24H,8,10H2,(H,25,27). The highest BCUT2D eigenvalue weighted by atomic mass is 35.5. The van der Waals surface area contributed by atoms with Crippen molar-refractivity contribution in [1.29, 1.82) is 0 Å². The van der Waals surface area contributed by atoms with Gasteiger partial charge in [-0.3, -0.25) is 14.6 Å². The van der Waals surface area contributed by atoms with Crippen molar-refractivity contribution in [1.82, 2.24) is 19.5 Å². The molecule has 3 aromatic rings. The zero-order valence-electron chi connectivity index (χ0n) is 15.5. The molecule has 0 saturated heterocycles. The summed E-state index contributed by atoms with van der Waals surface area (Å²) in [6.45, 7) is -0.500. The van der Waals surface area contributed by atoms with Gasteiger partial charge < -0.3 is 5.32 Å². The van der Waals surface area contributed by atoms with Gasteiger partial charge in [-0.1, -0.05) is 40.9 Å². The van der Waals surface area contributed by atoms with Crippen LogP contribution in [0.3, 0.4) is 0 Å². The summed E-state index contributed by atoms with van der Waals surface area (Å²) in [6.07, 6.45) is 2.68. The van der Waals surface area contributed by atoms with E-state index in [0.717, 1.165) is 10.9 Å². The molecule has 9 nitrogen and oxygen atoms in total. The summed E-state index contributed by atoms with van der Waals surface area (Å²) in [6, 6.07) is 9.06. The number of nitrogens with zero attached hydrogens (tertiary/aromatic N) is 3. The second-order valence-electron chi connectivity index (χ2n) is 6.11. The van der Waals surface area contributed by atoms with E-state index < -0.39 is 28.0 Å². The zero-order chi connectivity index (χ0) is 22.6. The lowest BCUT2D eigenvalue weighted by molar-refractivity contribution is -0.117. The average Bonchev–Trinajstić information content (AvgIpc) is 2.75. The molecule has 0 saturated carbocycles. The van der Waals surface area contributed by atoms with Gasteiger partial charge >= 0.3 is 0 Å². The molecule has 2 aromatic heterocycles. The maximum Gasteiger partial charge on any atom is 0.287 e. The van der Waals surface area contributed by atoms with E-state index in [9.17, 15) is 18.0 Å². The van der Waals surface area contributed by atoms with Crippen LogP contribution in [0.5, 0.6) is 0 Å². The Morgan fingerprint density at radius 3 is 2.58 bits per heavy atom. The maximum atomic E-state index is 12.7. The van der Waals surface area contributed by atoms with Gasteiger partial charge in [0.15, 0.2) is 0 Å². The van der Waals surface area contributed by atoms with Crippen molar-refractivity contribution in [2.45, 2.75) is 18.0 Å². The van der Waals surface area contributed by atoms with Crippen LogP contribution >= 0.6 is 34.8 Å². The summed E-state index contributed by atoms with van der Waals surface area (Å²) in [5, 5.41) is 5.90. The van der Waals surface area contributed by atoms with Crippen molar-refractivity contribution in [2.24, 2.45) is 0 Å². The Kier molecular flexibility index (Phi) is 7.29. The number of carbonyl (C=O) groups is 1. The predicted molar refractivity (Wildman–Crippen MR) is 117 cm³/mol. The molecule has 0 aliphatic carbocycles. The van der Waals surface area contributed by atoms with E-state index in [0.29, 0.717) is 5.69 Å². The molecule has 13 heteroatoms. The van der Waals surface area contributed by atoms with Gasteiger partial charge in [-0.05, 0) is 30.3 Å². The number of halogens is 3. The van der Waals surface area contributed by atoms with Crippen LogP contribution in [0, 0.1) is 0 Å². The molecule has 2 N–H and O–H groups in total. The topological polar surface area (TPSA) is 123 Å². The number of aromatic nitrogens is 3. The van der Waals surface area contributed by atoms with Crippen LogP contribution < -0.4 is 15.6 Å². The molecule has 31 heavy (non-hydrogen) atoms. The van der Waals surface area contributed by atoms with Gasteiger partial charge in [0.2, 0.25) is 15.9 Å². The summed E-state index contributed by atoms with van der Waals surface area (Å²) < 4.78 is 28.5. The zero-order valence-corrected chi connectivity index (χ0v) is 18.6. The number of sulfonamides is 1. The minimum absolute atomic E-state index is 0.0333. The molecular weight excluding hydrogens is 489 g/mol. The first kappa shape index (κ1) is 23.2. The van der Waals surface area contributed by atoms with Crippen molar-refractivity contribution >= 4 is 56.4 Å². The first-order valence-corrected chi connectivity index (χ1v) is 11.2. The molecular formula is C18H14Cl3N5O4S. The largest absolute Gasteiger partial charge is 0.324 e. The van der Waals surface area contributed by atoms with Crippen LogP contribution in [0.1, 0.15) is 5.69 Å². The lowest BCUT2D eigenvalue weighted by atomic mass is 10.3. The molecule has 0 aliphatic heterocycles. The number of amides is 1. The summed E-state index contributed by atoms with van der Waals surface area (Å²) in [4.78, 5) is 28.1. The Morgan fingerprint density at radius 2 is 1.87 bits per heavy atom. The third-order valence-corrected chi connectivity index (χ3v) is 6.54. The number of pyridine rings is 1. The van der Waals surface area contributed by atoms with Crippen molar-refractivity contribution in [3.8, 4) is 0 Å². The number of rotatable bonds is 7. The number of hydrogen-bond acceptors (Lipinski definition) is 6. The number of nitrogens with one attached hydrogen (secondary N) is 2. The van der Waals surface area contributed by atoms with Crippen LogP contribution in [0.15, 0.2) is 58.5 Å². The van der Waals surface area contributed by atoms with Crippen molar-refractivity contribution in [3.05, 3.63) is 79.9 Å². The molecule has 0 spiro atoms. The first-order chi connectivity index (χ1) is 14.7. The Balaban J connectivity index is 1.75. The van der Waals surface area contributed by atoms with Crippen LogP contribution in [-0.2, 0) is 27.9 Å². The highest BCUT2D eigenvalue weighted by molar-refractivity contribution is 7.89. The summed E-state index contributed by atoms with van der Waals surface area (Å²) in [5.74, 6) is -0.639. The fraction of sp³-hybridized carbons (Fsp3) is 0.111. The van der Waals surface area contributed by atoms with E-state index in [1.165, 1.54) is 18.2 Å². The van der Waals surface area contributed by atoms with Crippen molar-refractivity contribution in [2.75, 3.05) is 5.32 Å². The lowest BCUT2D eigenvalue weighted by Crippen LogP contribution is -2.30. The highest BCUT2D eigenvalue weighted by Crippen LogP contribution is 2.25. The van der Waals surface area contributed by atoms with E-state index in [1.807, 2.05) is 0 Å². The smallest absolute Gasteiger partial charge is 0.287 e. The van der Waals surface area contributed by atoms with Gasteiger partial charge in [0.25, 0.3) is 5.56 Å². The lowest BCUT2D eigenvalue weighted by Gasteiger charge is -2.11. The molecule has 2 heterocycles. The Hall–Kier alpha value is -2.50. The first-order valence-electron chi connectivity index (χ1n) is 8.57. The Morgan fingerprint density at radius 1 is 1.10 bits per heavy atom. The minimum atomic E-state index is -4.00. The van der Waals surface area contributed by atoms with E-state index in [4.69, 9.17) is 34.8 Å². The van der Waals surface area contributed by atoms with Crippen molar-refractivity contribution < 1.29 is 13.2 Å². The van der Waals surface area contributed by atoms with Gasteiger partial charge in [0.1, 0.15) is 16.5 Å². The number of hydrogen-bond donors (Lipinski definition) is 2. The second-order valence-corrected chi connectivity index (χ2v) is 9.04. The molecule has 0 radical (unpaired) electrons. The third-order valence-electron chi connectivity index (χ3n) is 3.91. The predicted octanol–water partition coefficient (Wildman–Crippen LogP) is 2.72. The average molecular weight is 503 g/mol. The maximum absolute atomic E-state index is 12.7. The fourth-order valence-corrected chi connectivity index (χ4v) is 4.22. The van der Waals surface area contributed by atoms with Crippen molar-refractivity contribution in [3.63, 3.8) is 0 Å². The van der Waals surface area contributed by atoms with Gasteiger partial charge in [-0.15, -0.1) is 0 Å². The quantitative estimate of drug-likeness (QED) is 0.512.